The lowest BCUT2D eigenvalue weighted by Gasteiger charge is -2.45. The maximum absolute atomic E-state index is 12.6. The monoisotopic (exact) mass is 553 g/mol. The van der Waals surface area contributed by atoms with Gasteiger partial charge < -0.3 is 19.8 Å². The fourth-order valence-electron chi connectivity index (χ4n) is 3.63. The molecule has 0 unspecified atom stereocenters. The Balaban J connectivity index is 1.69. The molecule has 1 fully saturated rings. The second-order valence-corrected chi connectivity index (χ2v) is 17.2. The van der Waals surface area contributed by atoms with Crippen molar-refractivity contribution in [1.82, 2.24) is 10.6 Å². The Morgan fingerprint density at radius 2 is 1.84 bits per heavy atom. The van der Waals surface area contributed by atoms with E-state index < -0.39 is 19.3 Å². The van der Waals surface area contributed by atoms with Crippen molar-refractivity contribution in [3.05, 3.63) is 39.9 Å². The van der Waals surface area contributed by atoms with Gasteiger partial charge in [0.25, 0.3) is 5.69 Å². The summed E-state index contributed by atoms with van der Waals surface area (Å²) in [5.74, 6) is -0.0849. The van der Waals surface area contributed by atoms with Crippen molar-refractivity contribution in [3.63, 3.8) is 0 Å². The summed E-state index contributed by atoms with van der Waals surface area (Å²) in [5.41, 5.74) is 0.608. The molecule has 37 heavy (non-hydrogen) atoms. The maximum atomic E-state index is 12.6. The van der Waals surface area contributed by atoms with Crippen LogP contribution in [0.15, 0.2) is 24.3 Å². The van der Waals surface area contributed by atoms with E-state index in [-0.39, 0.29) is 64.5 Å². The van der Waals surface area contributed by atoms with Crippen molar-refractivity contribution in [2.75, 3.05) is 12.3 Å². The predicted octanol–water partition coefficient (Wildman–Crippen LogP) is 4.43. The molecule has 12 heteroatoms. The van der Waals surface area contributed by atoms with Gasteiger partial charge in [0, 0.05) is 36.4 Å². The quantitative estimate of drug-likeness (QED) is 0.158. The van der Waals surface area contributed by atoms with E-state index in [0.717, 1.165) is 0 Å². The number of nitro benzene ring substituents is 1. The number of amides is 2. The summed E-state index contributed by atoms with van der Waals surface area (Å²) in [6, 6.07) is 5.55. The van der Waals surface area contributed by atoms with E-state index in [2.05, 4.69) is 44.5 Å². The first-order valence-corrected chi connectivity index (χ1v) is 16.3. The van der Waals surface area contributed by atoms with E-state index in [4.69, 9.17) is 9.16 Å². The number of Topliss-reactive ketones (excluding diaryl/α,β-unsaturated/α-hetero) is 1. The first-order chi connectivity index (χ1) is 17.1. The first-order valence-electron chi connectivity index (χ1n) is 12.4. The number of ether oxygens (including phenoxy) is 1. The van der Waals surface area contributed by atoms with Gasteiger partial charge in [-0.25, -0.2) is 4.79 Å². The minimum Gasteiger partial charge on any atom is -0.445 e. The van der Waals surface area contributed by atoms with Crippen molar-refractivity contribution in [3.8, 4) is 0 Å². The summed E-state index contributed by atoms with van der Waals surface area (Å²) in [5, 5.41) is 16.2. The maximum Gasteiger partial charge on any atom is 0.407 e. The molecule has 1 aliphatic rings. The number of ketones is 1. The number of β-lactam (4-membered cyclic amide) rings is 1. The number of hydrogen-bond acceptors (Lipinski definition) is 8. The second kappa shape index (κ2) is 12.9. The number of non-ortho nitro benzene ring substituents is 1. The molecule has 1 aliphatic heterocycles. The number of carbonyl (C=O) groups excluding carboxylic acids is 3. The Hall–Kier alpha value is -2.44. The van der Waals surface area contributed by atoms with Crippen LogP contribution in [0.1, 0.15) is 46.6 Å². The van der Waals surface area contributed by atoms with Crippen molar-refractivity contribution >= 4 is 43.6 Å². The molecule has 4 atom stereocenters. The molecule has 0 aromatic heterocycles. The first kappa shape index (κ1) is 30.8. The van der Waals surface area contributed by atoms with Crippen LogP contribution in [-0.2, 0) is 25.4 Å². The van der Waals surface area contributed by atoms with Crippen LogP contribution in [0, 0.1) is 16.0 Å². The molecule has 0 radical (unpaired) electrons. The summed E-state index contributed by atoms with van der Waals surface area (Å²) < 4.78 is 11.5. The highest BCUT2D eigenvalue weighted by atomic mass is 32.2. The normalized spacial score (nSPS) is 19.3. The summed E-state index contributed by atoms with van der Waals surface area (Å²) >= 11 is 1.42. The zero-order chi connectivity index (χ0) is 28.0. The third-order valence-corrected chi connectivity index (χ3v) is 12.7. The molecule has 1 heterocycles. The van der Waals surface area contributed by atoms with Gasteiger partial charge >= 0.3 is 6.09 Å². The molecule has 0 aliphatic carbocycles. The molecule has 2 N–H and O–H groups in total. The number of thioether (sulfide) groups is 1. The third-order valence-electron chi connectivity index (χ3n) is 6.88. The van der Waals surface area contributed by atoms with Gasteiger partial charge in [-0.2, -0.15) is 0 Å². The average molecular weight is 554 g/mol. The number of carbonyl (C=O) groups is 3. The third kappa shape index (κ3) is 9.11. The summed E-state index contributed by atoms with van der Waals surface area (Å²) in [4.78, 5) is 47.0. The molecular weight excluding hydrogens is 514 g/mol. The minimum atomic E-state index is -2.03. The van der Waals surface area contributed by atoms with Crippen molar-refractivity contribution < 1.29 is 28.5 Å². The van der Waals surface area contributed by atoms with Crippen molar-refractivity contribution in [1.29, 1.82) is 0 Å². The summed E-state index contributed by atoms with van der Waals surface area (Å²) in [7, 11) is -2.03. The second-order valence-electron chi connectivity index (χ2n) is 11.0. The Bertz CT molecular complexity index is 981. The lowest BCUT2D eigenvalue weighted by Crippen LogP contribution is -2.64. The Labute approximate surface area is 223 Å². The zero-order valence-corrected chi connectivity index (χ0v) is 24.5. The highest BCUT2D eigenvalue weighted by Gasteiger charge is 2.47. The van der Waals surface area contributed by atoms with E-state index in [1.165, 1.54) is 36.0 Å². The molecule has 10 nitrogen and oxygen atoms in total. The van der Waals surface area contributed by atoms with Gasteiger partial charge in [-0.1, -0.05) is 27.7 Å². The Morgan fingerprint density at radius 1 is 1.22 bits per heavy atom. The topological polar surface area (TPSA) is 137 Å². The Morgan fingerprint density at radius 3 is 2.38 bits per heavy atom. The molecule has 0 bridgehead atoms. The van der Waals surface area contributed by atoms with E-state index in [1.807, 2.05) is 13.8 Å². The highest BCUT2D eigenvalue weighted by molar-refractivity contribution is 8.00. The van der Waals surface area contributed by atoms with Gasteiger partial charge in [-0.3, -0.25) is 19.7 Å². The van der Waals surface area contributed by atoms with Crippen molar-refractivity contribution in [2.24, 2.45) is 5.92 Å². The Kier molecular flexibility index (Phi) is 10.7. The number of nitro groups is 1. The van der Waals surface area contributed by atoms with Crippen LogP contribution in [0.5, 0.6) is 0 Å². The number of alkyl carbamates (subject to hydrolysis) is 1. The van der Waals surface area contributed by atoms with Gasteiger partial charge in [-0.05, 0) is 42.8 Å². The number of rotatable bonds is 13. The standard InChI is InChI=1S/C25H39N3O7SSi/c1-16(13-26-24(31)34-14-18-8-10-19(11-9-18)28(32)33)36-15-20(29)12-21-22(23(30)27-21)17(2)35-37(6,7)25(3,4)5/h8-11,16-17,21-22H,12-15H2,1-7H3,(H,26,31)(H,27,30)/t16-,17-,21-,22-/m1/s1. The molecule has 0 spiro atoms. The average Bonchev–Trinajstić information content (AvgIpc) is 2.78. The molecule has 2 amide bonds. The fraction of sp³-hybridized carbons (Fsp3) is 0.640. The number of nitrogens with one attached hydrogen (secondary N) is 2. The number of benzene rings is 1. The molecule has 206 valence electrons. The lowest BCUT2D eigenvalue weighted by atomic mass is 9.83. The van der Waals surface area contributed by atoms with Crippen LogP contribution in [0.25, 0.3) is 0 Å². The van der Waals surface area contributed by atoms with Gasteiger partial charge in [0.05, 0.1) is 22.7 Å². The summed E-state index contributed by atoms with van der Waals surface area (Å²) in [6.45, 7) is 14.9. The predicted molar refractivity (Wildman–Crippen MR) is 146 cm³/mol. The molecule has 1 aromatic rings. The smallest absolute Gasteiger partial charge is 0.407 e. The van der Waals surface area contributed by atoms with E-state index >= 15 is 0 Å². The van der Waals surface area contributed by atoms with E-state index in [1.54, 1.807) is 0 Å². The SMILES string of the molecule is C[C@H](CNC(=O)OCc1ccc([N+](=O)[O-])cc1)SCC(=O)C[C@H]1NC(=O)[C@@H]1[C@@H](C)O[Si](C)(C)C(C)(C)C. The largest absolute Gasteiger partial charge is 0.445 e. The van der Waals surface area contributed by atoms with Crippen LogP contribution in [0.3, 0.4) is 0 Å². The molecule has 2 rings (SSSR count). The van der Waals surface area contributed by atoms with Gasteiger partial charge in [0.15, 0.2) is 8.32 Å². The van der Waals surface area contributed by atoms with Gasteiger partial charge in [0.2, 0.25) is 5.91 Å². The number of hydrogen-bond donors (Lipinski definition) is 2. The van der Waals surface area contributed by atoms with Crippen LogP contribution >= 0.6 is 11.8 Å². The fourth-order valence-corrected chi connectivity index (χ4v) is 5.85. The van der Waals surface area contributed by atoms with E-state index in [9.17, 15) is 24.5 Å². The number of nitrogens with zero attached hydrogens (tertiary/aromatic N) is 1. The highest BCUT2D eigenvalue weighted by Crippen LogP contribution is 2.39. The molecule has 1 saturated heterocycles. The van der Waals surface area contributed by atoms with E-state index in [0.29, 0.717) is 12.1 Å². The van der Waals surface area contributed by atoms with Crippen LogP contribution in [0.4, 0.5) is 10.5 Å². The zero-order valence-electron chi connectivity index (χ0n) is 22.7. The molecule has 1 aromatic carbocycles. The lowest BCUT2D eigenvalue weighted by molar-refractivity contribution is -0.384. The van der Waals surface area contributed by atoms with Crippen molar-refractivity contribution in [2.45, 2.75) is 83.2 Å². The molecule has 0 saturated carbocycles. The van der Waals surface area contributed by atoms with Crippen LogP contribution in [0.2, 0.25) is 18.1 Å². The van der Waals surface area contributed by atoms with Gasteiger partial charge in [-0.15, -0.1) is 11.8 Å². The molecular formula is C25H39N3O7SSi. The van der Waals surface area contributed by atoms with Crippen LogP contribution in [-0.4, -0.2) is 60.7 Å². The minimum absolute atomic E-state index is 0.00429. The van der Waals surface area contributed by atoms with Crippen LogP contribution < -0.4 is 10.6 Å². The summed E-state index contributed by atoms with van der Waals surface area (Å²) in [6.07, 6.45) is -0.598. The van der Waals surface area contributed by atoms with Gasteiger partial charge in [0.1, 0.15) is 12.4 Å².